The van der Waals surface area contributed by atoms with Crippen LogP contribution in [0.5, 0.6) is 0 Å². The molecule has 2 aromatic carbocycles. The van der Waals surface area contributed by atoms with Crippen LogP contribution in [0.3, 0.4) is 0 Å². The average Bonchev–Trinajstić information content (AvgIpc) is 2.68. The average molecular weight is 362 g/mol. The molecule has 1 N–H and O–H groups in total. The number of carbonyl (C=O) groups excluding carboxylic acids is 1. The minimum absolute atomic E-state index is 0.0125. The van der Waals surface area contributed by atoms with Crippen LogP contribution >= 0.6 is 15.9 Å². The quantitative estimate of drug-likeness (QED) is 0.792. The van der Waals surface area contributed by atoms with Crippen LogP contribution in [0, 0.1) is 5.82 Å². The van der Waals surface area contributed by atoms with E-state index in [1.165, 1.54) is 12.1 Å². The van der Waals surface area contributed by atoms with Crippen molar-refractivity contribution in [3.63, 3.8) is 0 Å². The molecule has 3 rings (SSSR count). The van der Waals surface area contributed by atoms with E-state index in [0.29, 0.717) is 6.42 Å². The molecule has 1 aliphatic heterocycles. The van der Waals surface area contributed by atoms with E-state index in [9.17, 15) is 9.18 Å². The van der Waals surface area contributed by atoms with Gasteiger partial charge in [0.2, 0.25) is 5.91 Å². The van der Waals surface area contributed by atoms with Gasteiger partial charge in [-0.1, -0.05) is 58.4 Å². The van der Waals surface area contributed by atoms with Crippen molar-refractivity contribution in [3.8, 4) is 0 Å². The second-order valence-corrected chi connectivity index (χ2v) is 6.76. The van der Waals surface area contributed by atoms with Gasteiger partial charge in [-0.3, -0.25) is 4.79 Å². The van der Waals surface area contributed by atoms with Gasteiger partial charge < -0.3 is 5.32 Å². The van der Waals surface area contributed by atoms with Gasteiger partial charge in [0.25, 0.3) is 0 Å². The topological polar surface area (TPSA) is 29.1 Å². The summed E-state index contributed by atoms with van der Waals surface area (Å²) in [6.07, 6.45) is 1.52. The first-order valence-corrected chi connectivity index (χ1v) is 8.30. The number of hydrogen-bond acceptors (Lipinski definition) is 1. The van der Waals surface area contributed by atoms with E-state index in [-0.39, 0.29) is 28.5 Å². The van der Waals surface area contributed by atoms with Crippen molar-refractivity contribution in [1.82, 2.24) is 5.32 Å². The molecule has 0 saturated carbocycles. The van der Waals surface area contributed by atoms with Gasteiger partial charge in [0.05, 0.1) is 10.9 Å². The highest BCUT2D eigenvalue weighted by atomic mass is 79.9. The summed E-state index contributed by atoms with van der Waals surface area (Å²) >= 11 is 3.47. The maximum absolute atomic E-state index is 13.1. The lowest BCUT2D eigenvalue weighted by molar-refractivity contribution is -0.120. The molecule has 2 aromatic rings. The number of rotatable bonds is 2. The fourth-order valence-corrected chi connectivity index (χ4v) is 3.55. The molecular formula is C18H17BrFNO. The summed E-state index contributed by atoms with van der Waals surface area (Å²) in [6.45, 7) is 0. The van der Waals surface area contributed by atoms with E-state index in [0.717, 1.165) is 17.5 Å². The van der Waals surface area contributed by atoms with Crippen molar-refractivity contribution >= 4 is 21.8 Å². The van der Waals surface area contributed by atoms with Crippen LogP contribution in [0.15, 0.2) is 54.6 Å². The molecule has 1 saturated heterocycles. The van der Waals surface area contributed by atoms with Gasteiger partial charge in [-0.2, -0.15) is 0 Å². The van der Waals surface area contributed by atoms with Crippen LogP contribution < -0.4 is 5.32 Å². The molecule has 114 valence electrons. The van der Waals surface area contributed by atoms with Crippen LogP contribution in [0.25, 0.3) is 0 Å². The number of benzene rings is 2. The summed E-state index contributed by atoms with van der Waals surface area (Å²) in [5.74, 6) is -0.0193. The van der Waals surface area contributed by atoms with Crippen LogP contribution in [-0.4, -0.2) is 10.7 Å². The lowest BCUT2D eigenvalue weighted by Gasteiger charge is -2.21. The van der Waals surface area contributed by atoms with Crippen LogP contribution in [-0.2, 0) is 4.79 Å². The summed E-state index contributed by atoms with van der Waals surface area (Å²) < 4.78 is 13.1. The third-order valence-corrected chi connectivity index (χ3v) is 4.95. The predicted octanol–water partition coefficient (Wildman–Crippen LogP) is 4.32. The van der Waals surface area contributed by atoms with E-state index in [2.05, 4.69) is 21.2 Å². The van der Waals surface area contributed by atoms with Crippen molar-refractivity contribution in [2.24, 2.45) is 0 Å². The molecule has 0 bridgehead atoms. The fourth-order valence-electron chi connectivity index (χ4n) is 2.97. The lowest BCUT2D eigenvalue weighted by atomic mass is 9.87. The summed E-state index contributed by atoms with van der Waals surface area (Å²) in [5.41, 5.74) is 2.17. The number of hydrogen-bond donors (Lipinski definition) is 1. The summed E-state index contributed by atoms with van der Waals surface area (Å²) in [6, 6.07) is 16.6. The fraction of sp³-hybridized carbons (Fsp3) is 0.278. The van der Waals surface area contributed by atoms with Gasteiger partial charge in [-0.15, -0.1) is 0 Å². The predicted molar refractivity (Wildman–Crippen MR) is 88.4 cm³/mol. The first-order chi connectivity index (χ1) is 10.6. The van der Waals surface area contributed by atoms with E-state index in [1.54, 1.807) is 0 Å². The highest BCUT2D eigenvalue weighted by Gasteiger charge is 2.31. The van der Waals surface area contributed by atoms with Gasteiger partial charge in [0, 0.05) is 0 Å². The Hall–Kier alpha value is -1.68. The van der Waals surface area contributed by atoms with Crippen LogP contribution in [0.1, 0.15) is 35.9 Å². The second kappa shape index (κ2) is 6.61. The zero-order valence-corrected chi connectivity index (χ0v) is 13.6. The van der Waals surface area contributed by atoms with Crippen molar-refractivity contribution in [1.29, 1.82) is 0 Å². The third kappa shape index (κ3) is 3.38. The highest BCUT2D eigenvalue weighted by Crippen LogP contribution is 2.36. The first kappa shape index (κ1) is 15.2. The van der Waals surface area contributed by atoms with Crippen molar-refractivity contribution in [2.45, 2.75) is 29.6 Å². The third-order valence-electron chi connectivity index (χ3n) is 4.16. The van der Waals surface area contributed by atoms with Crippen molar-refractivity contribution < 1.29 is 9.18 Å². The van der Waals surface area contributed by atoms with E-state index in [1.807, 2.05) is 42.5 Å². The van der Waals surface area contributed by atoms with Gasteiger partial charge in [-0.05, 0) is 42.0 Å². The molecule has 0 aromatic heterocycles. The minimum atomic E-state index is -0.235. The monoisotopic (exact) mass is 361 g/mol. The maximum Gasteiger partial charge on any atom is 0.234 e. The Kier molecular flexibility index (Phi) is 4.57. The number of halogens is 2. The second-order valence-electron chi connectivity index (χ2n) is 5.66. The van der Waals surface area contributed by atoms with Crippen LogP contribution in [0.4, 0.5) is 4.39 Å². The Labute approximate surface area is 137 Å². The lowest BCUT2D eigenvalue weighted by Crippen LogP contribution is -2.31. The molecule has 3 unspecified atom stereocenters. The zero-order chi connectivity index (χ0) is 15.5. The molecule has 4 heteroatoms. The van der Waals surface area contributed by atoms with Gasteiger partial charge >= 0.3 is 0 Å². The molecule has 0 radical (unpaired) electrons. The molecule has 3 atom stereocenters. The Bertz CT molecular complexity index is 644. The maximum atomic E-state index is 13.1. The van der Waals surface area contributed by atoms with Crippen molar-refractivity contribution in [2.75, 3.05) is 0 Å². The minimum Gasteiger partial charge on any atom is -0.348 e. The molecule has 2 nitrogen and oxygen atoms in total. The Balaban J connectivity index is 1.90. The first-order valence-electron chi connectivity index (χ1n) is 7.38. The van der Waals surface area contributed by atoms with Gasteiger partial charge in [-0.25, -0.2) is 4.39 Å². The van der Waals surface area contributed by atoms with Crippen molar-refractivity contribution in [3.05, 3.63) is 71.5 Å². The molecular weight excluding hydrogens is 345 g/mol. The summed E-state index contributed by atoms with van der Waals surface area (Å²) in [5, 5.41) is 3.10. The Morgan fingerprint density at radius 1 is 0.955 bits per heavy atom. The number of nitrogens with one attached hydrogen (secondary N) is 1. The van der Waals surface area contributed by atoms with Crippen LogP contribution in [0.2, 0.25) is 0 Å². The van der Waals surface area contributed by atoms with Gasteiger partial charge in [0.1, 0.15) is 5.82 Å². The number of carbonyl (C=O) groups is 1. The molecule has 1 aliphatic rings. The van der Waals surface area contributed by atoms with E-state index >= 15 is 0 Å². The summed E-state index contributed by atoms with van der Waals surface area (Å²) in [7, 11) is 0. The van der Waals surface area contributed by atoms with Gasteiger partial charge in [0.15, 0.2) is 0 Å². The van der Waals surface area contributed by atoms with E-state index in [4.69, 9.17) is 0 Å². The number of alkyl halides is 1. The zero-order valence-electron chi connectivity index (χ0n) is 12.0. The smallest absolute Gasteiger partial charge is 0.234 e. The largest absolute Gasteiger partial charge is 0.348 e. The molecule has 22 heavy (non-hydrogen) atoms. The van der Waals surface area contributed by atoms with E-state index < -0.39 is 0 Å². The molecule has 1 amide bonds. The standard InChI is InChI=1S/C18H17BrFNO/c19-16-10-14(12-6-8-15(20)9-7-12)11-17(21-18(16)22)13-4-2-1-3-5-13/h1-9,14,16-17H,10-11H2,(H,21,22). The SMILES string of the molecule is O=C1NC(c2ccccc2)CC(c2ccc(F)cc2)CC1Br. The summed E-state index contributed by atoms with van der Waals surface area (Å²) in [4.78, 5) is 12.0. The number of amides is 1. The molecule has 1 fully saturated rings. The molecule has 0 aliphatic carbocycles. The molecule has 1 heterocycles. The normalized spacial score (nSPS) is 25.4. The highest BCUT2D eigenvalue weighted by molar-refractivity contribution is 9.10. The molecule has 0 spiro atoms. The Morgan fingerprint density at radius 3 is 2.32 bits per heavy atom. The Morgan fingerprint density at radius 2 is 1.64 bits per heavy atom.